The number of benzene rings is 3. The van der Waals surface area contributed by atoms with Gasteiger partial charge in [-0.05, 0) is 119 Å². The quantitative estimate of drug-likeness (QED) is 0.118. The number of unbranched alkanes of at least 4 members (excludes halogenated alkanes) is 1. The standard InChI is InChI=1S/C46H60F2N2O6/c1-53-45-39(43(51)35-21-27-49(28-22-35)25-19-33-11-15-37(47)16-12-33)7-5-9-41(45)55-31-3-4-32-56-42-10-6-8-40(46(42)54-2)44(52)36-23-29-50(30-24-36)26-20-34-13-17-38(48)18-14-34/h5-17,35-36,38,43-44,51-52H,3-4,18-32H2,1-2H3/t38?,43-,44-/m1/s1. The summed E-state index contributed by atoms with van der Waals surface area (Å²) in [5, 5.41) is 22.9. The molecule has 56 heavy (non-hydrogen) atoms. The first-order valence-electron chi connectivity index (χ1n) is 20.5. The minimum atomic E-state index is -0.854. The van der Waals surface area contributed by atoms with E-state index in [1.807, 2.05) is 60.7 Å². The molecule has 2 N–H and O–H groups in total. The van der Waals surface area contributed by atoms with Crippen LogP contribution < -0.4 is 18.9 Å². The molecule has 6 rings (SSSR count). The predicted molar refractivity (Wildman–Crippen MR) is 216 cm³/mol. The van der Waals surface area contributed by atoms with E-state index in [4.69, 9.17) is 18.9 Å². The molecule has 3 aromatic rings. The fraction of sp³-hybridized carbons (Fsp3) is 0.522. The average Bonchev–Trinajstić information content (AvgIpc) is 3.24. The van der Waals surface area contributed by atoms with E-state index in [0.717, 1.165) is 107 Å². The number of hydrogen-bond donors (Lipinski definition) is 2. The van der Waals surface area contributed by atoms with Crippen LogP contribution in [0.5, 0.6) is 23.0 Å². The molecule has 0 radical (unpaired) electrons. The normalized spacial score (nSPS) is 19.7. The number of methoxy groups -OCH3 is 2. The van der Waals surface area contributed by atoms with Crippen molar-refractivity contribution in [3.05, 3.63) is 107 Å². The number of aliphatic hydroxyl groups is 2. The lowest BCUT2D eigenvalue weighted by molar-refractivity contribution is 0.0570. The molecule has 3 atom stereocenters. The third-order valence-corrected chi connectivity index (χ3v) is 11.7. The zero-order valence-electron chi connectivity index (χ0n) is 33.1. The van der Waals surface area contributed by atoms with Gasteiger partial charge >= 0.3 is 0 Å². The maximum absolute atomic E-state index is 13.4. The van der Waals surface area contributed by atoms with Crippen molar-refractivity contribution in [3.8, 4) is 23.0 Å². The molecule has 0 bridgehead atoms. The summed E-state index contributed by atoms with van der Waals surface area (Å²) in [5.74, 6) is 2.43. The van der Waals surface area contributed by atoms with Crippen LogP contribution in [0.1, 0.15) is 80.3 Å². The second kappa shape index (κ2) is 21.0. The number of alkyl halides is 1. The van der Waals surface area contributed by atoms with Crippen LogP contribution in [0.4, 0.5) is 8.78 Å². The number of piperidine rings is 2. The molecule has 304 valence electrons. The van der Waals surface area contributed by atoms with E-state index < -0.39 is 18.4 Å². The number of ether oxygens (including phenoxy) is 4. The van der Waals surface area contributed by atoms with Crippen molar-refractivity contribution in [2.75, 3.05) is 66.7 Å². The minimum Gasteiger partial charge on any atom is -0.492 e. The lowest BCUT2D eigenvalue weighted by atomic mass is 9.86. The maximum atomic E-state index is 13.4. The van der Waals surface area contributed by atoms with Crippen LogP contribution in [-0.4, -0.2) is 92.9 Å². The number of allylic oxidation sites excluding steroid dienone is 3. The summed E-state index contributed by atoms with van der Waals surface area (Å²) in [6.45, 7) is 6.44. The van der Waals surface area contributed by atoms with Gasteiger partial charge in [-0.2, -0.15) is 0 Å². The van der Waals surface area contributed by atoms with Crippen molar-refractivity contribution >= 4 is 0 Å². The lowest BCUT2D eigenvalue weighted by Crippen LogP contribution is -2.36. The van der Waals surface area contributed by atoms with E-state index >= 15 is 0 Å². The molecule has 1 unspecified atom stereocenters. The van der Waals surface area contributed by atoms with Crippen LogP contribution in [0.3, 0.4) is 0 Å². The van der Waals surface area contributed by atoms with Gasteiger partial charge < -0.3 is 39.0 Å². The van der Waals surface area contributed by atoms with Gasteiger partial charge in [0.25, 0.3) is 0 Å². The van der Waals surface area contributed by atoms with Gasteiger partial charge in [0.1, 0.15) is 12.0 Å². The second-order valence-corrected chi connectivity index (χ2v) is 15.4. The van der Waals surface area contributed by atoms with Crippen molar-refractivity contribution in [3.63, 3.8) is 0 Å². The molecule has 10 heteroatoms. The highest BCUT2D eigenvalue weighted by molar-refractivity contribution is 5.49. The van der Waals surface area contributed by atoms with Crippen molar-refractivity contribution in [2.24, 2.45) is 11.8 Å². The second-order valence-electron chi connectivity index (χ2n) is 15.4. The molecule has 0 amide bonds. The molecule has 2 aliphatic heterocycles. The zero-order chi connectivity index (χ0) is 39.3. The minimum absolute atomic E-state index is 0.120. The molecule has 0 aromatic heterocycles. The van der Waals surface area contributed by atoms with Crippen LogP contribution in [-0.2, 0) is 6.42 Å². The largest absolute Gasteiger partial charge is 0.492 e. The van der Waals surface area contributed by atoms with E-state index in [9.17, 15) is 19.0 Å². The number of aliphatic hydroxyl groups excluding tert-OH is 2. The first kappa shape index (κ1) is 41.7. The Hall–Kier alpha value is -3.96. The maximum Gasteiger partial charge on any atom is 0.166 e. The zero-order valence-corrected chi connectivity index (χ0v) is 33.1. The molecule has 2 saturated heterocycles. The van der Waals surface area contributed by atoms with Crippen molar-refractivity contribution in [1.29, 1.82) is 0 Å². The Morgan fingerprint density at radius 1 is 0.696 bits per heavy atom. The van der Waals surface area contributed by atoms with Crippen LogP contribution in [0.15, 0.2) is 84.5 Å². The molecular formula is C46H60F2N2O6. The van der Waals surface area contributed by atoms with Gasteiger partial charge in [0.05, 0.1) is 39.6 Å². The summed E-state index contributed by atoms with van der Waals surface area (Å²) in [5.41, 5.74) is 3.84. The summed E-state index contributed by atoms with van der Waals surface area (Å²) < 4.78 is 50.6. The molecule has 2 heterocycles. The number of hydrogen-bond acceptors (Lipinski definition) is 8. The summed E-state index contributed by atoms with van der Waals surface area (Å²) >= 11 is 0. The Labute approximate surface area is 331 Å². The smallest absolute Gasteiger partial charge is 0.166 e. The molecule has 0 spiro atoms. The van der Waals surface area contributed by atoms with Crippen molar-refractivity contribution in [1.82, 2.24) is 9.80 Å². The molecule has 0 saturated carbocycles. The van der Waals surface area contributed by atoms with Gasteiger partial charge in [0.2, 0.25) is 0 Å². The monoisotopic (exact) mass is 774 g/mol. The summed E-state index contributed by atoms with van der Waals surface area (Å²) in [7, 11) is 3.24. The van der Waals surface area contributed by atoms with Crippen LogP contribution in [0.2, 0.25) is 0 Å². The third-order valence-electron chi connectivity index (χ3n) is 11.7. The lowest BCUT2D eigenvalue weighted by Gasteiger charge is -2.35. The highest BCUT2D eigenvalue weighted by Gasteiger charge is 2.30. The van der Waals surface area contributed by atoms with Gasteiger partial charge in [0, 0.05) is 30.6 Å². The molecule has 3 aromatic carbocycles. The van der Waals surface area contributed by atoms with Crippen LogP contribution >= 0.6 is 0 Å². The highest BCUT2D eigenvalue weighted by atomic mass is 19.1. The van der Waals surface area contributed by atoms with Gasteiger partial charge in [-0.3, -0.25) is 0 Å². The number of para-hydroxylation sites is 2. The molecule has 8 nitrogen and oxygen atoms in total. The van der Waals surface area contributed by atoms with E-state index in [-0.39, 0.29) is 17.7 Å². The number of rotatable bonds is 19. The topological polar surface area (TPSA) is 83.9 Å². The SMILES string of the molecule is COc1c(OCCCCOc2cccc([C@H](O)C3CCN(CCc4ccc(F)cc4)CC3)c2OC)cccc1[C@H](O)C1CCN(CCC2=CCC(F)C=C2)CC1. The van der Waals surface area contributed by atoms with Gasteiger partial charge in [0.15, 0.2) is 23.0 Å². The first-order chi connectivity index (χ1) is 27.3. The van der Waals surface area contributed by atoms with Crippen molar-refractivity contribution < 1.29 is 37.9 Å². The summed E-state index contributed by atoms with van der Waals surface area (Å²) in [6.07, 6.45) is 10.7. The Bertz CT molecular complexity index is 1720. The van der Waals surface area contributed by atoms with Gasteiger partial charge in [-0.1, -0.05) is 60.2 Å². The van der Waals surface area contributed by atoms with Crippen molar-refractivity contribution in [2.45, 2.75) is 76.2 Å². The average molecular weight is 775 g/mol. The molecular weight excluding hydrogens is 715 g/mol. The van der Waals surface area contributed by atoms with E-state index in [0.29, 0.717) is 42.6 Å². The molecule has 3 aliphatic rings. The molecule has 2 fully saturated rings. The Balaban J connectivity index is 0.919. The van der Waals surface area contributed by atoms with Gasteiger partial charge in [-0.25, -0.2) is 8.78 Å². The number of likely N-dealkylation sites (tertiary alicyclic amines) is 2. The third kappa shape index (κ3) is 11.3. The summed E-state index contributed by atoms with van der Waals surface area (Å²) in [4.78, 5) is 4.85. The highest BCUT2D eigenvalue weighted by Crippen LogP contribution is 2.42. The Kier molecular flexibility index (Phi) is 15.6. The summed E-state index contributed by atoms with van der Waals surface area (Å²) in [6, 6.07) is 18.1. The van der Waals surface area contributed by atoms with Crippen LogP contribution in [0.25, 0.3) is 0 Å². The fourth-order valence-corrected chi connectivity index (χ4v) is 8.31. The van der Waals surface area contributed by atoms with E-state index in [1.54, 1.807) is 20.3 Å². The Morgan fingerprint density at radius 3 is 1.66 bits per heavy atom. The first-order valence-corrected chi connectivity index (χ1v) is 20.5. The molecule has 1 aliphatic carbocycles. The van der Waals surface area contributed by atoms with Crippen LogP contribution in [0, 0.1) is 17.7 Å². The Morgan fingerprint density at radius 2 is 1.20 bits per heavy atom. The fourth-order valence-electron chi connectivity index (χ4n) is 8.31. The predicted octanol–water partition coefficient (Wildman–Crippen LogP) is 8.43. The number of halogens is 2. The van der Waals surface area contributed by atoms with E-state index in [2.05, 4.69) is 9.80 Å². The number of nitrogens with zero attached hydrogens (tertiary/aromatic N) is 2. The van der Waals surface area contributed by atoms with Gasteiger partial charge in [-0.15, -0.1) is 0 Å². The van der Waals surface area contributed by atoms with E-state index in [1.165, 1.54) is 17.7 Å².